The Labute approximate surface area is 163 Å². The van der Waals surface area contributed by atoms with E-state index in [0.29, 0.717) is 23.2 Å². The Morgan fingerprint density at radius 1 is 1.07 bits per heavy atom. The fourth-order valence-electron chi connectivity index (χ4n) is 2.46. The van der Waals surface area contributed by atoms with Crippen LogP contribution >= 0.6 is 11.6 Å². The standard InChI is InChI=1S/C18H20ClN5O2S/c1-13-5-6-15(11-16(13)19)27(25,26)21-8-7-20-17-12-18(23-14(2)22-17)24-9-3-4-10-24/h3-6,9-12,21H,7-8H2,1-2H3,(H,20,22,23). The number of aryl methyl sites for hydroxylation is 2. The highest BCUT2D eigenvalue weighted by atomic mass is 35.5. The first-order valence-corrected chi connectivity index (χ1v) is 10.2. The molecular formula is C18H20ClN5O2S. The molecule has 0 unspecified atom stereocenters. The van der Waals surface area contributed by atoms with Crippen LogP contribution in [0, 0.1) is 13.8 Å². The van der Waals surface area contributed by atoms with Gasteiger partial charge in [-0.15, -0.1) is 0 Å². The summed E-state index contributed by atoms with van der Waals surface area (Å²) in [4.78, 5) is 8.86. The fraction of sp³-hybridized carbons (Fsp3) is 0.222. The molecule has 1 aromatic carbocycles. The van der Waals surface area contributed by atoms with Crippen LogP contribution in [0.25, 0.3) is 5.82 Å². The van der Waals surface area contributed by atoms with Gasteiger partial charge in [0.2, 0.25) is 10.0 Å². The van der Waals surface area contributed by atoms with Crippen LogP contribution in [-0.2, 0) is 10.0 Å². The third-order valence-corrected chi connectivity index (χ3v) is 5.74. The van der Waals surface area contributed by atoms with Gasteiger partial charge in [0.1, 0.15) is 17.5 Å². The summed E-state index contributed by atoms with van der Waals surface area (Å²) in [5.74, 6) is 1.99. The SMILES string of the molecule is Cc1nc(NCCNS(=O)(=O)c2ccc(C)c(Cl)c2)cc(-n2cccc2)n1. The van der Waals surface area contributed by atoms with E-state index < -0.39 is 10.0 Å². The average molecular weight is 406 g/mol. The number of nitrogens with one attached hydrogen (secondary N) is 2. The molecule has 142 valence electrons. The van der Waals surface area contributed by atoms with Gasteiger partial charge in [-0.3, -0.25) is 0 Å². The van der Waals surface area contributed by atoms with E-state index in [0.717, 1.165) is 11.4 Å². The zero-order valence-electron chi connectivity index (χ0n) is 15.0. The van der Waals surface area contributed by atoms with Gasteiger partial charge < -0.3 is 9.88 Å². The van der Waals surface area contributed by atoms with Crippen molar-refractivity contribution in [2.24, 2.45) is 0 Å². The highest BCUT2D eigenvalue weighted by Crippen LogP contribution is 2.19. The van der Waals surface area contributed by atoms with E-state index in [1.54, 1.807) is 12.1 Å². The maximum Gasteiger partial charge on any atom is 0.240 e. The number of halogens is 1. The molecular weight excluding hydrogens is 386 g/mol. The molecule has 2 aromatic heterocycles. The van der Waals surface area contributed by atoms with Crippen molar-refractivity contribution in [2.45, 2.75) is 18.7 Å². The van der Waals surface area contributed by atoms with Crippen LogP contribution in [-0.4, -0.2) is 36.0 Å². The van der Waals surface area contributed by atoms with Gasteiger partial charge in [0.15, 0.2) is 0 Å². The number of rotatable bonds is 7. The lowest BCUT2D eigenvalue weighted by Crippen LogP contribution is -2.29. The Bertz CT molecular complexity index is 1040. The molecule has 0 radical (unpaired) electrons. The second-order valence-corrected chi connectivity index (χ2v) is 8.16. The van der Waals surface area contributed by atoms with Crippen molar-refractivity contribution in [3.8, 4) is 5.82 Å². The van der Waals surface area contributed by atoms with Crippen LogP contribution in [0.2, 0.25) is 5.02 Å². The minimum atomic E-state index is -3.62. The molecule has 0 bridgehead atoms. The molecule has 3 rings (SSSR count). The van der Waals surface area contributed by atoms with E-state index in [4.69, 9.17) is 11.6 Å². The number of sulfonamides is 1. The Hall–Kier alpha value is -2.42. The maximum atomic E-state index is 12.3. The summed E-state index contributed by atoms with van der Waals surface area (Å²) >= 11 is 6.01. The van der Waals surface area contributed by atoms with E-state index in [-0.39, 0.29) is 11.4 Å². The van der Waals surface area contributed by atoms with Crippen LogP contribution in [0.15, 0.2) is 53.7 Å². The first-order valence-electron chi connectivity index (χ1n) is 8.34. The lowest BCUT2D eigenvalue weighted by molar-refractivity contribution is 0.583. The Morgan fingerprint density at radius 3 is 2.52 bits per heavy atom. The first kappa shape index (κ1) is 19.3. The van der Waals surface area contributed by atoms with Gasteiger partial charge in [0.05, 0.1) is 4.90 Å². The molecule has 0 fully saturated rings. The van der Waals surface area contributed by atoms with Crippen molar-refractivity contribution in [1.82, 2.24) is 19.3 Å². The van der Waals surface area contributed by atoms with E-state index in [9.17, 15) is 8.42 Å². The summed E-state index contributed by atoms with van der Waals surface area (Å²) in [7, 11) is -3.62. The van der Waals surface area contributed by atoms with Crippen LogP contribution in [0.5, 0.6) is 0 Å². The van der Waals surface area contributed by atoms with Crippen LogP contribution < -0.4 is 10.0 Å². The van der Waals surface area contributed by atoms with Crippen LogP contribution in [0.4, 0.5) is 5.82 Å². The number of hydrogen-bond acceptors (Lipinski definition) is 5. The third-order valence-electron chi connectivity index (χ3n) is 3.87. The molecule has 27 heavy (non-hydrogen) atoms. The van der Waals surface area contributed by atoms with E-state index in [2.05, 4.69) is 20.0 Å². The largest absolute Gasteiger partial charge is 0.369 e. The summed E-state index contributed by atoms with van der Waals surface area (Å²) in [6, 6.07) is 10.3. The lowest BCUT2D eigenvalue weighted by Gasteiger charge is -2.11. The molecule has 2 heterocycles. The molecule has 9 heteroatoms. The molecule has 2 N–H and O–H groups in total. The van der Waals surface area contributed by atoms with Crippen molar-refractivity contribution in [2.75, 3.05) is 18.4 Å². The predicted octanol–water partition coefficient (Wildman–Crippen LogP) is 2.93. The minimum absolute atomic E-state index is 0.144. The zero-order chi connectivity index (χ0) is 19.4. The maximum absolute atomic E-state index is 12.3. The van der Waals surface area contributed by atoms with Crippen molar-refractivity contribution in [3.63, 3.8) is 0 Å². The number of anilines is 1. The molecule has 3 aromatic rings. The van der Waals surface area contributed by atoms with Gasteiger partial charge >= 0.3 is 0 Å². The van der Waals surface area contributed by atoms with Crippen LogP contribution in [0.1, 0.15) is 11.4 Å². The topological polar surface area (TPSA) is 88.9 Å². The Morgan fingerprint density at radius 2 is 1.81 bits per heavy atom. The summed E-state index contributed by atoms with van der Waals surface area (Å²) in [6.45, 7) is 4.21. The van der Waals surface area contributed by atoms with Gasteiger partial charge in [-0.2, -0.15) is 0 Å². The zero-order valence-corrected chi connectivity index (χ0v) is 16.5. The fourth-order valence-corrected chi connectivity index (χ4v) is 3.76. The number of nitrogens with zero attached hydrogens (tertiary/aromatic N) is 3. The summed E-state index contributed by atoms with van der Waals surface area (Å²) < 4.78 is 29.1. The molecule has 0 saturated carbocycles. The van der Waals surface area contributed by atoms with Crippen molar-refractivity contribution < 1.29 is 8.42 Å². The molecule has 0 spiro atoms. The molecule has 0 saturated heterocycles. The molecule has 0 aliphatic rings. The summed E-state index contributed by atoms with van der Waals surface area (Å²) in [6.07, 6.45) is 3.79. The Kier molecular flexibility index (Phi) is 5.79. The number of hydrogen-bond donors (Lipinski definition) is 2. The quantitative estimate of drug-likeness (QED) is 0.590. The van der Waals surface area contributed by atoms with Gasteiger partial charge in [0.25, 0.3) is 0 Å². The van der Waals surface area contributed by atoms with E-state index in [1.165, 1.54) is 12.1 Å². The minimum Gasteiger partial charge on any atom is -0.369 e. The average Bonchev–Trinajstić information content (AvgIpc) is 3.15. The third kappa shape index (κ3) is 4.85. The lowest BCUT2D eigenvalue weighted by atomic mass is 10.2. The van der Waals surface area contributed by atoms with Crippen molar-refractivity contribution >= 4 is 27.4 Å². The molecule has 0 aliphatic heterocycles. The molecule has 7 nitrogen and oxygen atoms in total. The smallest absolute Gasteiger partial charge is 0.240 e. The second-order valence-electron chi connectivity index (χ2n) is 5.98. The first-order chi connectivity index (χ1) is 12.8. The predicted molar refractivity (Wildman–Crippen MR) is 106 cm³/mol. The number of benzene rings is 1. The van der Waals surface area contributed by atoms with Gasteiger partial charge in [-0.1, -0.05) is 17.7 Å². The van der Waals surface area contributed by atoms with Gasteiger partial charge in [-0.05, 0) is 43.7 Å². The highest BCUT2D eigenvalue weighted by Gasteiger charge is 2.14. The van der Waals surface area contributed by atoms with Crippen LogP contribution in [0.3, 0.4) is 0 Å². The van der Waals surface area contributed by atoms with E-state index in [1.807, 2.05) is 42.9 Å². The monoisotopic (exact) mass is 405 g/mol. The molecule has 0 amide bonds. The van der Waals surface area contributed by atoms with E-state index >= 15 is 0 Å². The molecule has 0 atom stereocenters. The highest BCUT2D eigenvalue weighted by molar-refractivity contribution is 7.89. The second kappa shape index (κ2) is 8.08. The van der Waals surface area contributed by atoms with Crippen molar-refractivity contribution in [1.29, 1.82) is 0 Å². The Balaban J connectivity index is 1.61. The molecule has 0 aliphatic carbocycles. The normalized spacial score (nSPS) is 11.5. The van der Waals surface area contributed by atoms with Gasteiger partial charge in [-0.25, -0.2) is 23.1 Å². The van der Waals surface area contributed by atoms with Crippen molar-refractivity contribution in [3.05, 3.63) is 65.2 Å². The van der Waals surface area contributed by atoms with Gasteiger partial charge in [0, 0.05) is 36.6 Å². The number of aromatic nitrogens is 3. The summed E-state index contributed by atoms with van der Waals surface area (Å²) in [5, 5.41) is 3.54. The summed E-state index contributed by atoms with van der Waals surface area (Å²) in [5.41, 5.74) is 0.829.